The molecule has 7 nitrogen and oxygen atoms in total. The maximum Gasteiger partial charge on any atom is 0.325 e. The summed E-state index contributed by atoms with van der Waals surface area (Å²) in [6, 6.07) is 1.83. The Hall–Kier alpha value is -2.10. The number of urea groups is 1. The Kier molecular flexibility index (Phi) is 4.93. The standard InChI is InChI=1S/C16H24N4O3/c1-15(2)13(22)20(14(23)19-15)10-6-7-12(21)18-16(11-17)8-4-3-5-9-16/h3-10H2,1-2H3,(H,18,21)(H,19,23). The first-order valence-corrected chi connectivity index (χ1v) is 8.16. The monoisotopic (exact) mass is 320 g/mol. The lowest BCUT2D eigenvalue weighted by atomic mass is 9.83. The number of hydrogen-bond donors (Lipinski definition) is 2. The molecule has 1 aliphatic carbocycles. The summed E-state index contributed by atoms with van der Waals surface area (Å²) in [6.45, 7) is 3.51. The molecule has 1 saturated heterocycles. The normalized spacial score (nSPS) is 22.4. The van der Waals surface area contributed by atoms with Crippen molar-refractivity contribution in [3.63, 3.8) is 0 Å². The summed E-state index contributed by atoms with van der Waals surface area (Å²) in [5.41, 5.74) is -1.62. The average Bonchev–Trinajstić information content (AvgIpc) is 2.69. The van der Waals surface area contributed by atoms with Crippen LogP contribution in [0.5, 0.6) is 0 Å². The predicted molar refractivity (Wildman–Crippen MR) is 83.1 cm³/mol. The van der Waals surface area contributed by atoms with Gasteiger partial charge in [0.1, 0.15) is 11.1 Å². The molecule has 4 amide bonds. The zero-order valence-electron chi connectivity index (χ0n) is 13.8. The predicted octanol–water partition coefficient (Wildman–Crippen LogP) is 1.44. The first-order valence-electron chi connectivity index (χ1n) is 8.16. The summed E-state index contributed by atoms with van der Waals surface area (Å²) in [6.07, 6.45) is 4.97. The zero-order chi connectivity index (χ0) is 17.1. The third kappa shape index (κ3) is 3.81. The molecule has 2 fully saturated rings. The van der Waals surface area contributed by atoms with Crippen molar-refractivity contribution in [2.45, 2.75) is 69.9 Å². The molecule has 0 aromatic heterocycles. The maximum absolute atomic E-state index is 12.1. The second-order valence-electron chi connectivity index (χ2n) is 6.92. The number of hydrogen-bond acceptors (Lipinski definition) is 4. The number of amides is 4. The highest BCUT2D eigenvalue weighted by atomic mass is 16.2. The molecule has 2 aliphatic rings. The summed E-state index contributed by atoms with van der Waals surface area (Å²) < 4.78 is 0. The van der Waals surface area contributed by atoms with Gasteiger partial charge in [-0.1, -0.05) is 19.3 Å². The van der Waals surface area contributed by atoms with Gasteiger partial charge in [-0.05, 0) is 33.1 Å². The zero-order valence-corrected chi connectivity index (χ0v) is 13.8. The van der Waals surface area contributed by atoms with Gasteiger partial charge in [-0.2, -0.15) is 5.26 Å². The van der Waals surface area contributed by atoms with Crippen LogP contribution in [0.2, 0.25) is 0 Å². The van der Waals surface area contributed by atoms with E-state index >= 15 is 0 Å². The molecular weight excluding hydrogens is 296 g/mol. The fourth-order valence-corrected chi connectivity index (χ4v) is 3.17. The van der Waals surface area contributed by atoms with Crippen molar-refractivity contribution in [2.24, 2.45) is 0 Å². The third-order valence-corrected chi connectivity index (χ3v) is 4.53. The van der Waals surface area contributed by atoms with Crippen LogP contribution in [0.1, 0.15) is 58.8 Å². The fraction of sp³-hybridized carbons (Fsp3) is 0.750. The van der Waals surface area contributed by atoms with Crippen molar-refractivity contribution in [1.82, 2.24) is 15.5 Å². The Balaban J connectivity index is 1.80. The van der Waals surface area contributed by atoms with Crippen molar-refractivity contribution < 1.29 is 14.4 Å². The molecule has 0 unspecified atom stereocenters. The summed E-state index contributed by atoms with van der Waals surface area (Å²) in [4.78, 5) is 37.0. The second-order valence-corrected chi connectivity index (χ2v) is 6.92. The molecule has 1 heterocycles. The van der Waals surface area contributed by atoms with Gasteiger partial charge >= 0.3 is 6.03 Å². The van der Waals surface area contributed by atoms with Crippen LogP contribution in [0.15, 0.2) is 0 Å². The van der Waals surface area contributed by atoms with E-state index in [4.69, 9.17) is 0 Å². The molecule has 1 aliphatic heterocycles. The molecule has 7 heteroatoms. The lowest BCUT2D eigenvalue weighted by Gasteiger charge is -2.31. The summed E-state index contributed by atoms with van der Waals surface area (Å²) in [5.74, 6) is -0.469. The molecule has 0 bridgehead atoms. The minimum atomic E-state index is -0.883. The lowest BCUT2D eigenvalue weighted by Crippen LogP contribution is -2.48. The average molecular weight is 320 g/mol. The van der Waals surface area contributed by atoms with Crippen LogP contribution in [0.25, 0.3) is 0 Å². The highest BCUT2D eigenvalue weighted by Crippen LogP contribution is 2.27. The fourth-order valence-electron chi connectivity index (χ4n) is 3.17. The molecule has 2 rings (SSSR count). The van der Waals surface area contributed by atoms with E-state index in [0.717, 1.165) is 24.2 Å². The maximum atomic E-state index is 12.1. The van der Waals surface area contributed by atoms with E-state index < -0.39 is 17.1 Å². The summed E-state index contributed by atoms with van der Waals surface area (Å²) >= 11 is 0. The van der Waals surface area contributed by atoms with Crippen molar-refractivity contribution >= 4 is 17.8 Å². The Labute approximate surface area is 136 Å². The molecule has 0 spiro atoms. The second kappa shape index (κ2) is 6.57. The highest BCUT2D eigenvalue weighted by molar-refractivity contribution is 6.06. The first kappa shape index (κ1) is 17.3. The van der Waals surface area contributed by atoms with Crippen LogP contribution < -0.4 is 10.6 Å². The van der Waals surface area contributed by atoms with E-state index in [9.17, 15) is 19.6 Å². The molecule has 126 valence electrons. The molecule has 2 N–H and O–H groups in total. The first-order chi connectivity index (χ1) is 10.8. The van der Waals surface area contributed by atoms with E-state index in [-0.39, 0.29) is 24.8 Å². The van der Waals surface area contributed by atoms with Crippen LogP contribution in [-0.4, -0.2) is 40.4 Å². The van der Waals surface area contributed by atoms with Gasteiger partial charge in [0.15, 0.2) is 0 Å². The van der Waals surface area contributed by atoms with Crippen molar-refractivity contribution in [1.29, 1.82) is 5.26 Å². The molecule has 0 aromatic carbocycles. The summed E-state index contributed by atoms with van der Waals surface area (Å²) in [5, 5.41) is 14.8. The molecule has 0 aromatic rings. The molecular formula is C16H24N4O3. The molecule has 0 radical (unpaired) electrons. The van der Waals surface area contributed by atoms with Crippen molar-refractivity contribution in [3.05, 3.63) is 0 Å². The van der Waals surface area contributed by atoms with Crippen LogP contribution in [0.4, 0.5) is 4.79 Å². The van der Waals surface area contributed by atoms with Crippen LogP contribution >= 0.6 is 0 Å². The number of nitriles is 1. The van der Waals surface area contributed by atoms with E-state index in [2.05, 4.69) is 16.7 Å². The van der Waals surface area contributed by atoms with Gasteiger partial charge in [-0.3, -0.25) is 14.5 Å². The number of nitrogens with zero attached hydrogens (tertiary/aromatic N) is 2. The molecule has 1 saturated carbocycles. The highest BCUT2D eigenvalue weighted by Gasteiger charge is 2.43. The van der Waals surface area contributed by atoms with Gasteiger partial charge in [-0.25, -0.2) is 4.79 Å². The number of rotatable bonds is 5. The Morgan fingerprint density at radius 1 is 1.30 bits per heavy atom. The lowest BCUT2D eigenvalue weighted by molar-refractivity contribution is -0.130. The van der Waals surface area contributed by atoms with E-state index in [0.29, 0.717) is 19.3 Å². The summed E-state index contributed by atoms with van der Waals surface area (Å²) in [7, 11) is 0. The van der Waals surface area contributed by atoms with Gasteiger partial charge < -0.3 is 10.6 Å². The largest absolute Gasteiger partial charge is 0.338 e. The van der Waals surface area contributed by atoms with Crippen molar-refractivity contribution in [3.8, 4) is 6.07 Å². The van der Waals surface area contributed by atoms with Gasteiger partial charge in [0.2, 0.25) is 5.91 Å². The molecule has 23 heavy (non-hydrogen) atoms. The van der Waals surface area contributed by atoms with Crippen LogP contribution in [0.3, 0.4) is 0 Å². The Bertz CT molecular complexity index is 544. The van der Waals surface area contributed by atoms with E-state index in [1.54, 1.807) is 13.8 Å². The number of carbonyl (C=O) groups excluding carboxylic acids is 3. The van der Waals surface area contributed by atoms with Crippen LogP contribution in [-0.2, 0) is 9.59 Å². The van der Waals surface area contributed by atoms with Crippen LogP contribution in [0, 0.1) is 11.3 Å². The van der Waals surface area contributed by atoms with Gasteiger partial charge in [0.05, 0.1) is 6.07 Å². The minimum Gasteiger partial charge on any atom is -0.338 e. The van der Waals surface area contributed by atoms with E-state index in [1.165, 1.54) is 0 Å². The van der Waals surface area contributed by atoms with Gasteiger partial charge in [0.25, 0.3) is 5.91 Å². The van der Waals surface area contributed by atoms with E-state index in [1.807, 2.05) is 0 Å². The number of carbonyl (C=O) groups is 3. The Morgan fingerprint density at radius 3 is 2.48 bits per heavy atom. The number of nitrogens with one attached hydrogen (secondary N) is 2. The van der Waals surface area contributed by atoms with Gasteiger partial charge in [0, 0.05) is 13.0 Å². The minimum absolute atomic E-state index is 0.195. The quantitative estimate of drug-likeness (QED) is 0.748. The smallest absolute Gasteiger partial charge is 0.325 e. The number of imide groups is 1. The van der Waals surface area contributed by atoms with Crippen molar-refractivity contribution in [2.75, 3.05) is 6.54 Å². The van der Waals surface area contributed by atoms with Gasteiger partial charge in [-0.15, -0.1) is 0 Å². The Morgan fingerprint density at radius 2 is 1.96 bits per heavy atom. The SMILES string of the molecule is CC1(C)NC(=O)N(CCCC(=O)NC2(C#N)CCCCC2)C1=O. The topological polar surface area (TPSA) is 102 Å². The molecule has 0 atom stereocenters. The third-order valence-electron chi connectivity index (χ3n) is 4.53.